The van der Waals surface area contributed by atoms with Crippen molar-refractivity contribution in [1.82, 2.24) is 41.3 Å². The molecule has 1 saturated carbocycles. The minimum atomic E-state index is -1.17. The van der Waals surface area contributed by atoms with Crippen molar-refractivity contribution in [3.63, 3.8) is 0 Å². The third kappa shape index (κ3) is 28.0. The number of esters is 3. The van der Waals surface area contributed by atoms with Crippen molar-refractivity contribution in [2.75, 3.05) is 58.2 Å². The predicted octanol–water partition coefficient (Wildman–Crippen LogP) is 6.01. The number of benzene rings is 2. The predicted molar refractivity (Wildman–Crippen MR) is 395 cm³/mol. The number of anilines is 1. The monoisotopic (exact) mass is 1490 g/mol. The first-order valence-corrected chi connectivity index (χ1v) is 37.2. The van der Waals surface area contributed by atoms with Crippen molar-refractivity contribution in [2.45, 2.75) is 219 Å². The molecule has 1 unspecified atom stereocenters. The van der Waals surface area contributed by atoms with Gasteiger partial charge in [0.15, 0.2) is 0 Å². The number of urea groups is 1. The second kappa shape index (κ2) is 44.4. The molecule has 1 aliphatic heterocycles. The number of likely N-dealkylation sites (N-methyl/N-ethyl adjacent to an activating group) is 2. The molecular weight excluding hydrogens is 1380 g/mol. The van der Waals surface area contributed by atoms with E-state index in [1.54, 1.807) is 104 Å². The lowest BCUT2D eigenvalue weighted by molar-refractivity contribution is -0.165. The number of primary amides is 1. The van der Waals surface area contributed by atoms with Crippen molar-refractivity contribution in [3.05, 3.63) is 91.0 Å². The molecule has 30 heteroatoms. The van der Waals surface area contributed by atoms with E-state index < -0.39 is 162 Å². The molecule has 2 fully saturated rings. The second-order valence-corrected chi connectivity index (χ2v) is 29.0. The van der Waals surface area contributed by atoms with Gasteiger partial charge in [0.2, 0.25) is 41.4 Å². The van der Waals surface area contributed by atoms with Gasteiger partial charge < -0.3 is 81.0 Å². The molecule has 2 aliphatic rings. The molecule has 9 N–H and O–H groups in total. The number of methoxy groups -OCH3 is 2. The molecule has 4 rings (SSSR count). The van der Waals surface area contributed by atoms with Crippen LogP contribution < -0.4 is 37.6 Å². The molecule has 1 aliphatic carbocycles. The summed E-state index contributed by atoms with van der Waals surface area (Å²) in [6.45, 7) is 24.9. The molecule has 0 radical (unpaired) electrons. The molecular formula is C75H114N10O19S. The van der Waals surface area contributed by atoms with Crippen LogP contribution in [0.5, 0.6) is 0 Å². The number of hydrogen-bond acceptors (Lipinski definition) is 20. The Hall–Kier alpha value is -8.61. The Morgan fingerprint density at radius 2 is 1.31 bits per heavy atom. The quantitative estimate of drug-likeness (QED) is 0.0163. The standard InChI is InChI=1S/C75H114N10O19S/c1-17-46(10)66(57(99-15)40-59(87)85-35-24-28-56(85)68(100-16)47(11)69(92)78-48(12)67(91)50-25-21-20-22-26-50)83(13)73(96)64(44(6)7)82-72(95)65(45(8)9)84(14)75(98)101-41-49-29-31-51(32-30-49)79-70(93)55(27-23-34-77-74(76)97)80-71(94)63(43(4)5)81-58(86)42-105-36-33-62(90)104-54-38-52(102-60(88)18-2)37-53(39-54)103-61(89)19-3/h18-22,25-26,29-32,43-48,52-57,63-68,91H,2-3,17,23-24,27-28,33-42H2,1,4-16H3,(H,78,92)(H,79,93)(H,80,94)(H,81,86)(H,82,95)(H3,76,77,97)/t46-,47-,48-,52-,53+,54?,55+,56+,57-,63+,64+,65+,66+,67-,68-/m1/s1. The van der Waals surface area contributed by atoms with E-state index in [0.29, 0.717) is 42.6 Å². The Labute approximate surface area is 622 Å². The highest BCUT2D eigenvalue weighted by Crippen LogP contribution is 2.32. The Bertz CT molecular complexity index is 3200. The fourth-order valence-corrected chi connectivity index (χ4v) is 13.8. The molecule has 105 heavy (non-hydrogen) atoms. The van der Waals surface area contributed by atoms with Gasteiger partial charge in [0.25, 0.3) is 0 Å². The second-order valence-electron chi connectivity index (χ2n) is 27.9. The molecule has 15 atom stereocenters. The third-order valence-corrected chi connectivity index (χ3v) is 19.9. The van der Waals surface area contributed by atoms with E-state index in [0.717, 1.165) is 28.8 Å². The summed E-state index contributed by atoms with van der Waals surface area (Å²) in [4.78, 5) is 165. The van der Waals surface area contributed by atoms with Gasteiger partial charge in [-0.1, -0.05) is 124 Å². The number of aliphatic hydroxyl groups is 1. The average molecular weight is 1490 g/mol. The van der Waals surface area contributed by atoms with Crippen LogP contribution in [0, 0.1) is 29.6 Å². The Balaban J connectivity index is 1.35. The van der Waals surface area contributed by atoms with Gasteiger partial charge in [-0.2, -0.15) is 11.8 Å². The lowest BCUT2D eigenvalue weighted by Gasteiger charge is -2.41. The van der Waals surface area contributed by atoms with Crippen molar-refractivity contribution in [1.29, 1.82) is 0 Å². The summed E-state index contributed by atoms with van der Waals surface area (Å²) < 4.78 is 34.1. The van der Waals surface area contributed by atoms with Crippen LogP contribution in [0.2, 0.25) is 0 Å². The van der Waals surface area contributed by atoms with E-state index >= 15 is 0 Å². The molecule has 2 aromatic carbocycles. The summed E-state index contributed by atoms with van der Waals surface area (Å²) in [6, 6.07) is 8.40. The average Bonchev–Trinajstić information content (AvgIpc) is 1.80. The highest BCUT2D eigenvalue weighted by molar-refractivity contribution is 7.99. The summed E-state index contributed by atoms with van der Waals surface area (Å²) in [5.74, 6) is -7.62. The number of amides is 10. The van der Waals surface area contributed by atoms with E-state index in [4.69, 9.17) is 34.2 Å². The minimum absolute atomic E-state index is 0.0390. The number of nitrogens with one attached hydrogen (secondary N) is 6. The third-order valence-electron chi connectivity index (χ3n) is 19.0. The number of nitrogens with zero attached hydrogens (tertiary/aromatic N) is 3. The van der Waals surface area contributed by atoms with Crippen LogP contribution in [0.3, 0.4) is 0 Å². The van der Waals surface area contributed by atoms with E-state index in [-0.39, 0.29) is 87.3 Å². The summed E-state index contributed by atoms with van der Waals surface area (Å²) in [5.41, 5.74) is 6.73. The van der Waals surface area contributed by atoms with Gasteiger partial charge in [0.05, 0.1) is 60.9 Å². The van der Waals surface area contributed by atoms with E-state index in [1.807, 2.05) is 32.0 Å². The summed E-state index contributed by atoms with van der Waals surface area (Å²) in [6.07, 6.45) is -0.947. The highest BCUT2D eigenvalue weighted by atomic mass is 32.2. The zero-order valence-corrected chi connectivity index (χ0v) is 64.2. The molecule has 0 spiro atoms. The number of thioether (sulfide) groups is 1. The van der Waals surface area contributed by atoms with Crippen molar-refractivity contribution < 1.29 is 91.1 Å². The van der Waals surface area contributed by atoms with Crippen LogP contribution in [-0.2, 0) is 83.0 Å². The summed E-state index contributed by atoms with van der Waals surface area (Å²) in [5, 5.41) is 27.5. The van der Waals surface area contributed by atoms with Crippen molar-refractivity contribution in [2.24, 2.45) is 35.3 Å². The van der Waals surface area contributed by atoms with Crippen molar-refractivity contribution in [3.8, 4) is 0 Å². The van der Waals surface area contributed by atoms with Gasteiger partial charge >= 0.3 is 30.0 Å². The number of aliphatic hydroxyl groups excluding tert-OH is 1. The fourth-order valence-electron chi connectivity index (χ4n) is 13.1. The largest absolute Gasteiger partial charge is 0.462 e. The van der Waals surface area contributed by atoms with E-state index in [1.165, 1.54) is 26.2 Å². The molecule has 10 amide bonds. The van der Waals surface area contributed by atoms with Crippen LogP contribution >= 0.6 is 11.8 Å². The van der Waals surface area contributed by atoms with Gasteiger partial charge in [-0.15, -0.1) is 0 Å². The SMILES string of the molecule is C=CC(=O)O[C@@H]1CC(OC(=O)CCSCC(=O)N[C@H](C(=O)N[C@@H](CCCNC(N)=O)C(=O)Nc2ccc(COC(=O)N(C)[C@H](C(=O)N[C@H](C(=O)N(C)[C@@H]([C@H](C)CC)[C@@H](CC(=O)N3CCC[C@H]3[C@H](OC)[C@@H](C)C(=O)N[C@H](C)[C@@H](O)c3ccccc3)OC)C(C)C)C(C)C)cc2)C(C)C)C[C@H](OC(=O)C=C)C1. The number of carbonyl (C=O) groups excluding carboxylic acids is 12. The first kappa shape index (κ1) is 88.8. The number of carbonyl (C=O) groups is 12. The number of rotatable bonds is 42. The summed E-state index contributed by atoms with van der Waals surface area (Å²) in [7, 11) is 6.05. The summed E-state index contributed by atoms with van der Waals surface area (Å²) >= 11 is 1.11. The lowest BCUT2D eigenvalue weighted by atomic mass is 9.89. The molecule has 2 aromatic rings. The Kier molecular flexibility index (Phi) is 37.5. The maximum atomic E-state index is 14.9. The number of nitrogens with two attached hydrogens (primary N) is 1. The van der Waals surface area contributed by atoms with Gasteiger partial charge in [-0.25, -0.2) is 19.2 Å². The zero-order valence-electron chi connectivity index (χ0n) is 63.4. The van der Waals surface area contributed by atoms with Gasteiger partial charge in [-0.05, 0) is 79.5 Å². The molecule has 0 bridgehead atoms. The van der Waals surface area contributed by atoms with Crippen molar-refractivity contribution >= 4 is 88.8 Å². The van der Waals surface area contributed by atoms with Crippen LogP contribution in [0.4, 0.5) is 15.3 Å². The lowest BCUT2D eigenvalue weighted by Crippen LogP contribution is -2.60. The smallest absolute Gasteiger partial charge is 0.410 e. The Morgan fingerprint density at radius 1 is 0.714 bits per heavy atom. The number of likely N-dealkylation sites (tertiary alicyclic amines) is 1. The van der Waals surface area contributed by atoms with Crippen LogP contribution in [0.25, 0.3) is 0 Å². The normalized spacial score (nSPS) is 18.9. The van der Waals surface area contributed by atoms with Crippen LogP contribution in [0.15, 0.2) is 79.9 Å². The zero-order chi connectivity index (χ0) is 78.4. The van der Waals surface area contributed by atoms with Crippen LogP contribution in [0.1, 0.15) is 151 Å². The van der Waals surface area contributed by atoms with Gasteiger partial charge in [-0.3, -0.25) is 43.3 Å². The molecule has 0 aromatic heterocycles. The highest BCUT2D eigenvalue weighted by Gasteiger charge is 2.45. The number of hydrogen-bond donors (Lipinski definition) is 8. The van der Waals surface area contributed by atoms with Crippen LogP contribution in [-0.4, -0.2) is 217 Å². The first-order chi connectivity index (χ1) is 49.7. The minimum Gasteiger partial charge on any atom is -0.462 e. The fraction of sp³-hybridized carbons (Fsp3) is 0.627. The van der Waals surface area contributed by atoms with E-state index in [2.05, 4.69) is 45.1 Å². The van der Waals surface area contributed by atoms with E-state index in [9.17, 15) is 62.6 Å². The molecule has 1 heterocycles. The molecule has 1 saturated heterocycles. The molecule has 584 valence electrons. The first-order valence-electron chi connectivity index (χ1n) is 36.0. The maximum Gasteiger partial charge on any atom is 0.410 e. The number of ether oxygens (including phenoxy) is 6. The van der Waals surface area contributed by atoms with Gasteiger partial charge in [0, 0.05) is 84.3 Å². The maximum absolute atomic E-state index is 14.9. The topological polar surface area (TPSA) is 388 Å². The van der Waals surface area contributed by atoms with Gasteiger partial charge in [0.1, 0.15) is 49.1 Å². The Morgan fingerprint density at radius 3 is 1.86 bits per heavy atom. The molecule has 29 nitrogen and oxygen atoms in total.